The van der Waals surface area contributed by atoms with Crippen LogP contribution in [0.2, 0.25) is 0 Å². The average molecular weight is 374 g/mol. The monoisotopic (exact) mass is 374 g/mol. The Morgan fingerprint density at radius 3 is 2.44 bits per heavy atom. The third-order valence-corrected chi connectivity index (χ3v) is 6.34. The molecule has 2 aliphatic rings. The van der Waals surface area contributed by atoms with Crippen LogP contribution in [0.5, 0.6) is 0 Å². The molecule has 2 fully saturated rings. The fraction of sp³-hybridized carbons (Fsp3) is 0.545. The van der Waals surface area contributed by atoms with Crippen LogP contribution in [-0.4, -0.2) is 25.2 Å². The predicted molar refractivity (Wildman–Crippen MR) is 100 cm³/mol. The molecule has 2 saturated carbocycles. The molecule has 0 spiro atoms. The van der Waals surface area contributed by atoms with Crippen LogP contribution in [0.1, 0.15) is 38.7 Å². The Hall–Kier alpha value is -2.17. The molecule has 0 radical (unpaired) electrons. The fourth-order valence-electron chi connectivity index (χ4n) is 4.69. The minimum absolute atomic E-state index is 0.0302. The zero-order valence-corrected chi connectivity index (χ0v) is 15.9. The van der Waals surface area contributed by atoms with Gasteiger partial charge < -0.3 is 9.47 Å². The van der Waals surface area contributed by atoms with Gasteiger partial charge in [0, 0.05) is 12.5 Å². The highest BCUT2D eigenvalue weighted by Crippen LogP contribution is 2.55. The maximum Gasteiger partial charge on any atom is 0.330 e. The number of hydrogen-bond donors (Lipinski definition) is 0. The van der Waals surface area contributed by atoms with E-state index in [0.29, 0.717) is 29.7 Å². The van der Waals surface area contributed by atoms with Gasteiger partial charge in [-0.3, -0.25) is 4.79 Å². The first kappa shape index (κ1) is 19.6. The number of carbonyl (C=O) groups excluding carboxylic acids is 2. The van der Waals surface area contributed by atoms with Crippen LogP contribution in [-0.2, 0) is 19.1 Å². The van der Waals surface area contributed by atoms with Crippen LogP contribution in [0.25, 0.3) is 6.08 Å². The molecule has 0 aliphatic heterocycles. The van der Waals surface area contributed by atoms with E-state index in [-0.39, 0.29) is 25.0 Å². The third-order valence-electron chi connectivity index (χ3n) is 6.34. The Bertz CT molecular complexity index is 695. The van der Waals surface area contributed by atoms with E-state index < -0.39 is 5.97 Å². The molecule has 0 saturated heterocycles. The molecule has 0 amide bonds. The van der Waals surface area contributed by atoms with Gasteiger partial charge in [0.1, 0.15) is 19.0 Å². The summed E-state index contributed by atoms with van der Waals surface area (Å²) in [6.07, 6.45) is 5.67. The lowest BCUT2D eigenvalue weighted by molar-refractivity contribution is -0.151. The highest BCUT2D eigenvalue weighted by molar-refractivity contribution is 5.87. The summed E-state index contributed by atoms with van der Waals surface area (Å²) in [4.78, 5) is 23.7. The molecule has 1 aromatic carbocycles. The molecule has 0 aromatic heterocycles. The highest BCUT2D eigenvalue weighted by atomic mass is 19.1. The molecule has 2 bridgehead atoms. The van der Waals surface area contributed by atoms with Gasteiger partial charge >= 0.3 is 11.9 Å². The molecule has 0 heterocycles. The van der Waals surface area contributed by atoms with Crippen molar-refractivity contribution in [2.24, 2.45) is 29.6 Å². The maximum absolute atomic E-state index is 12.8. The van der Waals surface area contributed by atoms with Gasteiger partial charge in [-0.25, -0.2) is 9.18 Å². The van der Waals surface area contributed by atoms with Crippen LogP contribution >= 0.6 is 0 Å². The maximum atomic E-state index is 12.8. The average Bonchev–Trinajstić information content (AvgIpc) is 3.17. The van der Waals surface area contributed by atoms with Crippen molar-refractivity contribution in [1.82, 2.24) is 0 Å². The van der Waals surface area contributed by atoms with E-state index in [1.54, 1.807) is 18.2 Å². The van der Waals surface area contributed by atoms with Gasteiger partial charge in [-0.15, -0.1) is 0 Å². The summed E-state index contributed by atoms with van der Waals surface area (Å²) in [5, 5.41) is 0. The van der Waals surface area contributed by atoms with E-state index in [2.05, 4.69) is 13.8 Å². The number of esters is 2. The Morgan fingerprint density at radius 1 is 1.07 bits per heavy atom. The lowest BCUT2D eigenvalue weighted by atomic mass is 9.74. The molecule has 3 rings (SSSR count). The van der Waals surface area contributed by atoms with E-state index >= 15 is 0 Å². The van der Waals surface area contributed by atoms with E-state index in [1.807, 2.05) is 0 Å². The second-order valence-electron chi connectivity index (χ2n) is 7.85. The first-order chi connectivity index (χ1) is 12.9. The Morgan fingerprint density at radius 2 is 1.78 bits per heavy atom. The molecule has 27 heavy (non-hydrogen) atoms. The molecule has 4 nitrogen and oxygen atoms in total. The van der Waals surface area contributed by atoms with E-state index in [0.717, 1.165) is 18.3 Å². The standard InChI is InChI=1S/C22H27FO4/c1-14-15(2)20-12-17(14)11-18(20)13-22(25)27-10-9-26-21(24)8-5-16-3-6-19(23)7-4-16/h3-8,14-15,17-18,20H,9-13H2,1-2H3/b8-5+. The quantitative estimate of drug-likeness (QED) is 0.407. The fourth-order valence-corrected chi connectivity index (χ4v) is 4.69. The Labute approximate surface area is 159 Å². The number of halogens is 1. The number of carbonyl (C=O) groups is 2. The third kappa shape index (κ3) is 4.96. The lowest BCUT2D eigenvalue weighted by Gasteiger charge is -2.31. The van der Waals surface area contributed by atoms with Crippen LogP contribution in [0.4, 0.5) is 4.39 Å². The number of ether oxygens (including phenoxy) is 2. The van der Waals surface area contributed by atoms with Gasteiger partial charge in [0.15, 0.2) is 0 Å². The van der Waals surface area contributed by atoms with Crippen molar-refractivity contribution < 1.29 is 23.5 Å². The first-order valence-electron chi connectivity index (χ1n) is 9.70. The van der Waals surface area contributed by atoms with Crippen molar-refractivity contribution >= 4 is 18.0 Å². The summed E-state index contributed by atoms with van der Waals surface area (Å²) in [6, 6.07) is 5.78. The molecule has 0 N–H and O–H groups in total. The smallest absolute Gasteiger partial charge is 0.330 e. The molecular weight excluding hydrogens is 347 g/mol. The first-order valence-corrected chi connectivity index (χ1v) is 9.70. The van der Waals surface area contributed by atoms with Crippen LogP contribution in [0, 0.1) is 35.4 Å². The van der Waals surface area contributed by atoms with Crippen molar-refractivity contribution in [3.05, 3.63) is 41.7 Å². The Kier molecular flexibility index (Phi) is 6.30. The van der Waals surface area contributed by atoms with Gasteiger partial charge in [0.25, 0.3) is 0 Å². The van der Waals surface area contributed by atoms with Gasteiger partial charge in [0.05, 0.1) is 0 Å². The molecule has 1 aromatic rings. The van der Waals surface area contributed by atoms with Crippen LogP contribution in [0.15, 0.2) is 30.3 Å². The molecular formula is C22H27FO4. The summed E-state index contributed by atoms with van der Waals surface area (Å²) in [6.45, 7) is 4.72. The van der Waals surface area contributed by atoms with Crippen molar-refractivity contribution in [3.8, 4) is 0 Å². The van der Waals surface area contributed by atoms with E-state index in [9.17, 15) is 14.0 Å². The summed E-state index contributed by atoms with van der Waals surface area (Å²) >= 11 is 0. The summed E-state index contributed by atoms with van der Waals surface area (Å²) in [5.41, 5.74) is 0.703. The van der Waals surface area contributed by atoms with Crippen LogP contribution < -0.4 is 0 Å². The van der Waals surface area contributed by atoms with Gasteiger partial charge in [-0.05, 0) is 66.2 Å². The second-order valence-corrected chi connectivity index (χ2v) is 7.85. The van der Waals surface area contributed by atoms with Crippen molar-refractivity contribution in [1.29, 1.82) is 0 Å². The van der Waals surface area contributed by atoms with Gasteiger partial charge in [-0.1, -0.05) is 26.0 Å². The van der Waals surface area contributed by atoms with Crippen molar-refractivity contribution in [2.45, 2.75) is 33.1 Å². The van der Waals surface area contributed by atoms with Crippen LogP contribution in [0.3, 0.4) is 0 Å². The number of hydrogen-bond acceptors (Lipinski definition) is 4. The van der Waals surface area contributed by atoms with E-state index in [4.69, 9.17) is 9.47 Å². The van der Waals surface area contributed by atoms with Gasteiger partial charge in [0.2, 0.25) is 0 Å². The lowest BCUT2D eigenvalue weighted by Crippen LogP contribution is -2.27. The zero-order chi connectivity index (χ0) is 19.4. The normalized spacial score (nSPS) is 29.2. The number of benzene rings is 1. The number of fused-ring (bicyclic) bond motifs is 2. The number of rotatable bonds is 7. The van der Waals surface area contributed by atoms with Gasteiger partial charge in [-0.2, -0.15) is 0 Å². The molecule has 5 unspecified atom stereocenters. The second kappa shape index (κ2) is 8.68. The SMILES string of the molecule is CC1C2CC(CC(=O)OCCOC(=O)/C=C/c3ccc(F)cc3)C(C2)C1C. The largest absolute Gasteiger partial charge is 0.462 e. The summed E-state index contributed by atoms with van der Waals surface area (Å²) in [5.74, 6) is 2.25. The molecule has 5 heteroatoms. The molecule has 146 valence electrons. The minimum Gasteiger partial charge on any atom is -0.462 e. The molecule has 2 aliphatic carbocycles. The van der Waals surface area contributed by atoms with Crippen molar-refractivity contribution in [3.63, 3.8) is 0 Å². The van der Waals surface area contributed by atoms with E-state index in [1.165, 1.54) is 24.6 Å². The molecule has 5 atom stereocenters. The summed E-state index contributed by atoms with van der Waals surface area (Å²) in [7, 11) is 0. The topological polar surface area (TPSA) is 52.6 Å². The Balaban J connectivity index is 1.31. The summed E-state index contributed by atoms with van der Waals surface area (Å²) < 4.78 is 23.0. The minimum atomic E-state index is -0.522. The van der Waals surface area contributed by atoms with Crippen molar-refractivity contribution in [2.75, 3.05) is 13.2 Å². The zero-order valence-electron chi connectivity index (χ0n) is 15.9. The predicted octanol–water partition coefficient (Wildman–Crippen LogP) is 4.24. The highest BCUT2D eigenvalue weighted by Gasteiger charge is 2.48.